The number of rotatable bonds is 44. The Kier molecular flexibility index (Phi) is 44.3. The van der Waals surface area contributed by atoms with Gasteiger partial charge in [0.2, 0.25) is 5.91 Å². The molecule has 0 bridgehead atoms. The van der Waals surface area contributed by atoms with E-state index in [-0.39, 0.29) is 12.5 Å². The number of amides is 1. The molecule has 1 amide bonds. The lowest BCUT2D eigenvalue weighted by molar-refractivity contribution is -0.123. The van der Waals surface area contributed by atoms with Crippen LogP contribution < -0.4 is 5.32 Å². The fourth-order valence-corrected chi connectivity index (χ4v) is 7.47. The molecule has 0 aliphatic heterocycles. The third kappa shape index (κ3) is 41.9. The van der Waals surface area contributed by atoms with Gasteiger partial charge >= 0.3 is 0 Å². The Bertz CT molecular complexity index is 765. The van der Waals surface area contributed by atoms with E-state index in [0.29, 0.717) is 6.42 Å². The van der Waals surface area contributed by atoms with Crippen molar-refractivity contribution in [3.8, 4) is 0 Å². The normalized spacial score (nSPS) is 13.1. The predicted octanol–water partition coefficient (Wildman–Crippen LogP) is 15.2. The third-order valence-corrected chi connectivity index (χ3v) is 11.2. The minimum Gasteiger partial charge on any atom is -0.394 e. The monoisotopic (exact) mass is 746 g/mol. The molecule has 0 aromatic heterocycles. The molecule has 4 heteroatoms. The van der Waals surface area contributed by atoms with E-state index in [1.807, 2.05) is 6.08 Å². The van der Waals surface area contributed by atoms with E-state index in [1.54, 1.807) is 6.08 Å². The molecule has 53 heavy (non-hydrogen) atoms. The summed E-state index contributed by atoms with van der Waals surface area (Å²) < 4.78 is 0. The molecule has 0 aliphatic rings. The second-order valence-electron chi connectivity index (χ2n) is 16.5. The van der Waals surface area contributed by atoms with Crippen LogP contribution in [-0.2, 0) is 4.79 Å². The number of nitrogens with one attached hydrogen (secondary N) is 1. The molecule has 0 aromatic rings. The zero-order valence-corrected chi connectivity index (χ0v) is 36.1. The van der Waals surface area contributed by atoms with Crippen LogP contribution in [0.1, 0.15) is 264 Å². The number of allylic oxidation sites excluding steroid dienone is 3. The maximum atomic E-state index is 12.4. The Hall–Kier alpha value is -1.13. The summed E-state index contributed by atoms with van der Waals surface area (Å²) in [6.07, 6.45) is 58.8. The number of aliphatic hydroxyl groups is 2. The van der Waals surface area contributed by atoms with Gasteiger partial charge in [-0.1, -0.05) is 237 Å². The van der Waals surface area contributed by atoms with E-state index in [4.69, 9.17) is 0 Å². The van der Waals surface area contributed by atoms with Gasteiger partial charge in [0, 0.05) is 6.42 Å². The lowest BCUT2D eigenvalue weighted by Gasteiger charge is -2.20. The largest absolute Gasteiger partial charge is 0.394 e. The molecule has 0 saturated heterocycles. The molecular weight excluding hydrogens is 651 g/mol. The van der Waals surface area contributed by atoms with Crippen LogP contribution in [0, 0.1) is 0 Å². The van der Waals surface area contributed by atoms with E-state index in [1.165, 1.54) is 218 Å². The van der Waals surface area contributed by atoms with Crippen molar-refractivity contribution in [1.29, 1.82) is 0 Å². The molecule has 0 aromatic carbocycles. The van der Waals surface area contributed by atoms with Crippen molar-refractivity contribution in [1.82, 2.24) is 5.32 Å². The lowest BCUT2D eigenvalue weighted by Crippen LogP contribution is -2.45. The van der Waals surface area contributed by atoms with Gasteiger partial charge in [0.1, 0.15) is 0 Å². The van der Waals surface area contributed by atoms with Crippen molar-refractivity contribution >= 4 is 5.91 Å². The molecular formula is C49H95NO3. The van der Waals surface area contributed by atoms with Gasteiger partial charge in [-0.05, 0) is 44.9 Å². The second kappa shape index (κ2) is 45.3. The second-order valence-corrected chi connectivity index (χ2v) is 16.5. The van der Waals surface area contributed by atoms with Crippen LogP contribution in [0.15, 0.2) is 24.3 Å². The van der Waals surface area contributed by atoms with Gasteiger partial charge in [-0.2, -0.15) is 0 Å². The highest BCUT2D eigenvalue weighted by atomic mass is 16.3. The van der Waals surface area contributed by atoms with E-state index >= 15 is 0 Å². The molecule has 0 aliphatic carbocycles. The Morgan fingerprint density at radius 1 is 0.434 bits per heavy atom. The number of carbonyl (C=O) groups is 1. The van der Waals surface area contributed by atoms with Gasteiger partial charge in [-0.25, -0.2) is 0 Å². The van der Waals surface area contributed by atoms with Gasteiger partial charge in [0.05, 0.1) is 18.8 Å². The smallest absolute Gasteiger partial charge is 0.220 e. The maximum absolute atomic E-state index is 12.4. The number of unbranched alkanes of at least 4 members (excludes halogenated alkanes) is 35. The minimum atomic E-state index is -0.836. The molecule has 0 radical (unpaired) electrons. The average molecular weight is 746 g/mol. The average Bonchev–Trinajstić information content (AvgIpc) is 3.16. The topological polar surface area (TPSA) is 69.6 Å². The summed E-state index contributed by atoms with van der Waals surface area (Å²) in [7, 11) is 0. The molecule has 0 saturated carbocycles. The summed E-state index contributed by atoms with van der Waals surface area (Å²) in [5.74, 6) is -0.0625. The summed E-state index contributed by atoms with van der Waals surface area (Å²) in [4.78, 5) is 12.4. The van der Waals surface area contributed by atoms with Crippen LogP contribution in [0.5, 0.6) is 0 Å². The molecule has 314 valence electrons. The first-order valence-corrected chi connectivity index (χ1v) is 24.1. The molecule has 0 fully saturated rings. The number of aliphatic hydroxyl groups excluding tert-OH is 2. The van der Waals surface area contributed by atoms with Gasteiger partial charge in [-0.3, -0.25) is 4.79 Å². The van der Waals surface area contributed by atoms with Crippen molar-refractivity contribution in [3.05, 3.63) is 24.3 Å². The zero-order valence-electron chi connectivity index (χ0n) is 36.1. The molecule has 2 atom stereocenters. The molecule has 3 N–H and O–H groups in total. The first kappa shape index (κ1) is 51.9. The Morgan fingerprint density at radius 3 is 1.04 bits per heavy atom. The van der Waals surface area contributed by atoms with E-state index < -0.39 is 12.1 Å². The third-order valence-electron chi connectivity index (χ3n) is 11.2. The van der Waals surface area contributed by atoms with Crippen molar-refractivity contribution in [2.24, 2.45) is 0 Å². The summed E-state index contributed by atoms with van der Waals surface area (Å²) in [5.41, 5.74) is 0. The van der Waals surface area contributed by atoms with Crippen LogP contribution in [0.25, 0.3) is 0 Å². The van der Waals surface area contributed by atoms with Gasteiger partial charge < -0.3 is 15.5 Å². The van der Waals surface area contributed by atoms with Crippen molar-refractivity contribution in [2.75, 3.05) is 6.61 Å². The van der Waals surface area contributed by atoms with E-state index in [2.05, 4.69) is 31.3 Å². The highest BCUT2D eigenvalue weighted by Crippen LogP contribution is 2.16. The number of carbonyl (C=O) groups excluding carboxylic acids is 1. The van der Waals surface area contributed by atoms with Crippen LogP contribution in [0.3, 0.4) is 0 Å². The minimum absolute atomic E-state index is 0.0625. The van der Waals surface area contributed by atoms with Gasteiger partial charge in [0.15, 0.2) is 0 Å². The quantitative estimate of drug-likeness (QED) is 0.0430. The van der Waals surface area contributed by atoms with Crippen molar-refractivity contribution in [2.45, 2.75) is 276 Å². The lowest BCUT2D eigenvalue weighted by atomic mass is 10.0. The van der Waals surface area contributed by atoms with Crippen molar-refractivity contribution < 1.29 is 15.0 Å². The number of hydrogen-bond acceptors (Lipinski definition) is 3. The zero-order chi connectivity index (χ0) is 38.6. The highest BCUT2D eigenvalue weighted by Gasteiger charge is 2.18. The van der Waals surface area contributed by atoms with Crippen LogP contribution >= 0.6 is 0 Å². The van der Waals surface area contributed by atoms with Gasteiger partial charge in [-0.15, -0.1) is 0 Å². The predicted molar refractivity (Wildman–Crippen MR) is 235 cm³/mol. The molecule has 0 spiro atoms. The first-order valence-electron chi connectivity index (χ1n) is 24.1. The van der Waals surface area contributed by atoms with Crippen molar-refractivity contribution in [3.63, 3.8) is 0 Å². The SMILES string of the molecule is CCCCCCCCCCCCCC/C=C\CCCCCCCCCCCCCC(=O)NC(CO)C(O)/C=C/CCCCCCCCCCCCCC. The molecule has 0 rings (SSSR count). The Balaban J connectivity index is 3.48. The fraction of sp³-hybridized carbons (Fsp3) is 0.898. The first-order chi connectivity index (χ1) is 26.2. The molecule has 4 nitrogen and oxygen atoms in total. The summed E-state index contributed by atoms with van der Waals surface area (Å²) in [5, 5.41) is 23.0. The van der Waals surface area contributed by atoms with Gasteiger partial charge in [0.25, 0.3) is 0 Å². The summed E-state index contributed by atoms with van der Waals surface area (Å²) in [6.45, 7) is 4.32. The highest BCUT2D eigenvalue weighted by molar-refractivity contribution is 5.76. The standard InChI is InChI=1S/C49H95NO3/c1-3-5-7-9-11-13-15-17-19-20-21-22-23-24-25-26-27-28-29-30-31-33-35-37-39-41-43-45-49(53)50-47(46-51)48(52)44-42-40-38-36-34-32-18-16-14-12-10-8-6-4-2/h24-25,42,44,47-48,51-52H,3-23,26-41,43,45-46H2,1-2H3,(H,50,53)/b25-24-,44-42+. The molecule has 2 unspecified atom stereocenters. The maximum Gasteiger partial charge on any atom is 0.220 e. The van der Waals surface area contributed by atoms with E-state index in [9.17, 15) is 15.0 Å². The van der Waals surface area contributed by atoms with Crippen LogP contribution in [0.2, 0.25) is 0 Å². The Labute approximate surface area is 332 Å². The summed E-state index contributed by atoms with van der Waals surface area (Å²) in [6, 6.07) is -0.619. The van der Waals surface area contributed by atoms with E-state index in [0.717, 1.165) is 25.7 Å². The van der Waals surface area contributed by atoms with Crippen LogP contribution in [0.4, 0.5) is 0 Å². The van der Waals surface area contributed by atoms with Crippen LogP contribution in [-0.4, -0.2) is 34.9 Å². The summed E-state index contributed by atoms with van der Waals surface area (Å²) >= 11 is 0. The number of hydrogen-bond donors (Lipinski definition) is 3. The Morgan fingerprint density at radius 2 is 0.717 bits per heavy atom. The molecule has 0 heterocycles. The fourth-order valence-electron chi connectivity index (χ4n) is 7.47.